The molecule has 1 saturated heterocycles. The standard InChI is InChI=1S/C32H29NO3/c1-4-19-32-25(22-16-9-6-10-17-22)24(21-14-7-5-8-15-21)31(3,30(32)36)26-27(32)29(35)33(28(26)34)23-18-12-11-13-20(23)2/h5-18,26-27H,4,19H2,1-3H3/t26-,27-,31-,32+/m0/s1. The number of anilines is 1. The van der Waals surface area contributed by atoms with Crippen LogP contribution < -0.4 is 4.90 Å². The minimum absolute atomic E-state index is 0.0238. The first kappa shape index (κ1) is 22.7. The SMILES string of the molecule is CCC[C@@]12C(=O)[C@@](C)(C(c3ccccc3)=C1c1ccccc1)[C@@H]1C(=O)N(c3ccccc3C)C(=O)[C@H]12. The van der Waals surface area contributed by atoms with E-state index in [2.05, 4.69) is 6.92 Å². The number of carbonyl (C=O) groups excluding carboxylic acids is 3. The van der Waals surface area contributed by atoms with Crippen molar-refractivity contribution < 1.29 is 14.4 Å². The van der Waals surface area contributed by atoms with Crippen LogP contribution in [0.15, 0.2) is 84.9 Å². The van der Waals surface area contributed by atoms with Crippen molar-refractivity contribution >= 4 is 34.4 Å². The highest BCUT2D eigenvalue weighted by molar-refractivity contribution is 6.34. The molecule has 4 nitrogen and oxygen atoms in total. The maximum atomic E-state index is 14.6. The Bertz CT molecular complexity index is 1440. The summed E-state index contributed by atoms with van der Waals surface area (Å²) in [5.74, 6) is -1.90. The fourth-order valence-electron chi connectivity index (χ4n) is 7.41. The molecule has 3 aromatic rings. The van der Waals surface area contributed by atoms with Crippen molar-refractivity contribution in [2.24, 2.45) is 22.7 Å². The fraction of sp³-hybridized carbons (Fsp3) is 0.281. The molecular formula is C32H29NO3. The van der Waals surface area contributed by atoms with Crippen LogP contribution in [-0.4, -0.2) is 17.6 Å². The maximum Gasteiger partial charge on any atom is 0.239 e. The third kappa shape index (κ3) is 2.62. The Morgan fingerprint density at radius 3 is 1.83 bits per heavy atom. The van der Waals surface area contributed by atoms with Crippen molar-refractivity contribution in [3.63, 3.8) is 0 Å². The smallest absolute Gasteiger partial charge is 0.239 e. The van der Waals surface area contributed by atoms with E-state index >= 15 is 0 Å². The molecule has 0 radical (unpaired) electrons. The Hall–Kier alpha value is -3.79. The molecule has 0 aromatic heterocycles. The third-order valence-electron chi connectivity index (χ3n) is 8.68. The van der Waals surface area contributed by atoms with Gasteiger partial charge in [0.1, 0.15) is 0 Å². The van der Waals surface area contributed by atoms with Crippen LogP contribution in [0, 0.1) is 29.6 Å². The van der Waals surface area contributed by atoms with E-state index in [1.54, 1.807) is 0 Å². The Morgan fingerprint density at radius 2 is 1.25 bits per heavy atom. The van der Waals surface area contributed by atoms with Gasteiger partial charge in [-0.05, 0) is 54.2 Å². The number of Topliss-reactive ketones (excluding diaryl/α,β-unsaturated/α-hetero) is 1. The zero-order valence-electron chi connectivity index (χ0n) is 20.8. The van der Waals surface area contributed by atoms with Crippen LogP contribution >= 0.6 is 0 Å². The van der Waals surface area contributed by atoms with Gasteiger partial charge in [0.25, 0.3) is 0 Å². The Kier molecular flexibility index (Phi) is 4.95. The lowest BCUT2D eigenvalue weighted by Crippen LogP contribution is -2.41. The molecule has 6 rings (SSSR count). The number of imide groups is 1. The van der Waals surface area contributed by atoms with E-state index in [1.165, 1.54) is 4.90 Å². The number of amides is 2. The fourth-order valence-corrected chi connectivity index (χ4v) is 7.41. The monoisotopic (exact) mass is 475 g/mol. The van der Waals surface area contributed by atoms with E-state index in [0.29, 0.717) is 12.1 Å². The lowest BCUT2D eigenvalue weighted by Gasteiger charge is -2.37. The zero-order chi connectivity index (χ0) is 25.2. The highest BCUT2D eigenvalue weighted by atomic mass is 16.2. The molecule has 180 valence electrons. The molecular weight excluding hydrogens is 446 g/mol. The molecule has 1 aliphatic heterocycles. The van der Waals surface area contributed by atoms with Crippen LogP contribution in [-0.2, 0) is 14.4 Å². The van der Waals surface area contributed by atoms with Crippen LogP contribution in [0.1, 0.15) is 43.4 Å². The van der Waals surface area contributed by atoms with Crippen LogP contribution in [0.2, 0.25) is 0 Å². The minimum Gasteiger partial charge on any atom is -0.298 e. The minimum atomic E-state index is -1.09. The van der Waals surface area contributed by atoms with E-state index in [9.17, 15) is 14.4 Å². The van der Waals surface area contributed by atoms with Gasteiger partial charge in [0.05, 0.1) is 28.4 Å². The summed E-state index contributed by atoms with van der Waals surface area (Å²) in [4.78, 5) is 44.4. The number of carbonyl (C=O) groups is 3. The predicted octanol–water partition coefficient (Wildman–Crippen LogP) is 6.10. The first-order valence-electron chi connectivity index (χ1n) is 12.7. The third-order valence-corrected chi connectivity index (χ3v) is 8.68. The molecule has 1 heterocycles. The van der Waals surface area contributed by atoms with Crippen molar-refractivity contribution in [1.29, 1.82) is 0 Å². The Labute approximate surface area is 211 Å². The molecule has 4 heteroatoms. The second kappa shape index (κ2) is 7.86. The van der Waals surface area contributed by atoms with Crippen LogP contribution in [0.25, 0.3) is 11.1 Å². The number of hydrogen-bond acceptors (Lipinski definition) is 3. The van der Waals surface area contributed by atoms with Crippen molar-refractivity contribution in [3.8, 4) is 0 Å². The molecule has 0 unspecified atom stereocenters. The van der Waals surface area contributed by atoms with E-state index in [0.717, 1.165) is 34.3 Å². The van der Waals surface area contributed by atoms with Gasteiger partial charge in [0, 0.05) is 0 Å². The van der Waals surface area contributed by atoms with E-state index in [-0.39, 0.29) is 17.6 Å². The molecule has 2 fully saturated rings. The molecule has 3 aliphatic rings. The van der Waals surface area contributed by atoms with Gasteiger partial charge in [0.2, 0.25) is 11.8 Å². The Morgan fingerprint density at radius 1 is 0.722 bits per heavy atom. The first-order valence-corrected chi connectivity index (χ1v) is 12.7. The van der Waals surface area contributed by atoms with E-state index < -0.39 is 22.7 Å². The number of para-hydroxylation sites is 1. The predicted molar refractivity (Wildman–Crippen MR) is 141 cm³/mol. The summed E-state index contributed by atoms with van der Waals surface area (Å²) >= 11 is 0. The quantitative estimate of drug-likeness (QED) is 0.419. The van der Waals surface area contributed by atoms with Gasteiger partial charge >= 0.3 is 0 Å². The van der Waals surface area contributed by atoms with Gasteiger partial charge in [-0.1, -0.05) is 92.2 Å². The summed E-state index contributed by atoms with van der Waals surface area (Å²) in [5, 5.41) is 0. The normalized spacial score (nSPS) is 28.9. The van der Waals surface area contributed by atoms with Crippen LogP contribution in [0.5, 0.6) is 0 Å². The number of aryl methyl sites for hydroxylation is 1. The molecule has 1 saturated carbocycles. The van der Waals surface area contributed by atoms with Gasteiger partial charge < -0.3 is 0 Å². The summed E-state index contributed by atoms with van der Waals surface area (Å²) < 4.78 is 0. The van der Waals surface area contributed by atoms with Crippen molar-refractivity contribution in [3.05, 3.63) is 102 Å². The molecule has 2 amide bonds. The maximum absolute atomic E-state index is 14.6. The summed E-state index contributed by atoms with van der Waals surface area (Å²) in [6.07, 6.45) is 1.26. The molecule has 0 N–H and O–H groups in total. The summed E-state index contributed by atoms with van der Waals surface area (Å²) in [7, 11) is 0. The van der Waals surface area contributed by atoms with Gasteiger partial charge in [-0.3, -0.25) is 14.4 Å². The van der Waals surface area contributed by atoms with E-state index in [4.69, 9.17) is 0 Å². The molecule has 2 bridgehead atoms. The average molecular weight is 476 g/mol. The lowest BCUT2D eigenvalue weighted by molar-refractivity contribution is -0.134. The van der Waals surface area contributed by atoms with Gasteiger partial charge in [-0.25, -0.2) is 4.90 Å². The summed E-state index contributed by atoms with van der Waals surface area (Å²) in [6.45, 7) is 5.88. The highest BCUT2D eigenvalue weighted by Gasteiger charge is 2.80. The molecule has 2 aliphatic carbocycles. The van der Waals surface area contributed by atoms with Gasteiger partial charge in [-0.2, -0.15) is 0 Å². The Balaban J connectivity index is 1.67. The largest absolute Gasteiger partial charge is 0.298 e. The van der Waals surface area contributed by atoms with Crippen LogP contribution in [0.3, 0.4) is 0 Å². The van der Waals surface area contributed by atoms with E-state index in [1.807, 2.05) is 98.8 Å². The number of benzene rings is 3. The lowest BCUT2D eigenvalue weighted by atomic mass is 9.61. The van der Waals surface area contributed by atoms with Crippen LogP contribution in [0.4, 0.5) is 5.69 Å². The number of allylic oxidation sites excluding steroid dienone is 2. The second-order valence-electron chi connectivity index (χ2n) is 10.5. The van der Waals surface area contributed by atoms with Crippen molar-refractivity contribution in [2.75, 3.05) is 4.90 Å². The molecule has 36 heavy (non-hydrogen) atoms. The molecule has 0 spiro atoms. The summed E-state index contributed by atoms with van der Waals surface area (Å²) in [5.41, 5.74) is 3.09. The number of hydrogen-bond donors (Lipinski definition) is 0. The number of rotatable bonds is 5. The number of fused-ring (bicyclic) bond motifs is 5. The van der Waals surface area contributed by atoms with Crippen molar-refractivity contribution in [2.45, 2.75) is 33.6 Å². The topological polar surface area (TPSA) is 54.5 Å². The highest BCUT2D eigenvalue weighted by Crippen LogP contribution is 2.75. The average Bonchev–Trinajstić information content (AvgIpc) is 3.35. The van der Waals surface area contributed by atoms with Crippen molar-refractivity contribution in [1.82, 2.24) is 0 Å². The number of nitrogens with zero attached hydrogens (tertiary/aromatic N) is 1. The van der Waals surface area contributed by atoms with Gasteiger partial charge in [-0.15, -0.1) is 0 Å². The molecule has 3 aromatic carbocycles. The second-order valence-corrected chi connectivity index (χ2v) is 10.5. The first-order chi connectivity index (χ1) is 17.4. The zero-order valence-corrected chi connectivity index (χ0v) is 20.8. The van der Waals surface area contributed by atoms with Gasteiger partial charge in [0.15, 0.2) is 5.78 Å². The molecule has 4 atom stereocenters. The summed E-state index contributed by atoms with van der Waals surface area (Å²) in [6, 6.07) is 27.4. The number of ketones is 1.